The van der Waals surface area contributed by atoms with Crippen LogP contribution in [0.25, 0.3) is 22.3 Å². The van der Waals surface area contributed by atoms with Gasteiger partial charge in [-0.2, -0.15) is 0 Å². The van der Waals surface area contributed by atoms with Crippen molar-refractivity contribution in [1.29, 1.82) is 0 Å². The van der Waals surface area contributed by atoms with E-state index in [0.717, 1.165) is 4.90 Å². The lowest BCUT2D eigenvalue weighted by molar-refractivity contribution is -0.384. The first kappa shape index (κ1) is 22.6. The Bertz CT molecular complexity index is 1470. The summed E-state index contributed by atoms with van der Waals surface area (Å²) in [6, 6.07) is 23.8. The molecule has 1 aliphatic rings. The van der Waals surface area contributed by atoms with Crippen LogP contribution in [0.2, 0.25) is 0 Å². The SMILES string of the molecule is O=C1c2c(-c3ccccc3[N+](=O)[O-])ccc(-c3ccccc3[N+](=O)[O-])c2C(=O)N1Cc1ccccc1. The molecule has 0 aliphatic carbocycles. The number of nitro groups is 2. The average molecular weight is 479 g/mol. The van der Waals surface area contributed by atoms with Crippen molar-refractivity contribution < 1.29 is 19.4 Å². The van der Waals surface area contributed by atoms with Gasteiger partial charge in [0.05, 0.1) is 38.6 Å². The first-order valence-corrected chi connectivity index (χ1v) is 10.9. The molecule has 0 aromatic heterocycles. The maximum atomic E-state index is 13.7. The van der Waals surface area contributed by atoms with Crippen LogP contribution in [0.15, 0.2) is 91.0 Å². The third-order valence-corrected chi connectivity index (χ3v) is 6.09. The van der Waals surface area contributed by atoms with Crippen molar-refractivity contribution in [1.82, 2.24) is 4.90 Å². The van der Waals surface area contributed by atoms with Gasteiger partial charge in [0.15, 0.2) is 0 Å². The van der Waals surface area contributed by atoms with Crippen LogP contribution < -0.4 is 0 Å². The molecule has 36 heavy (non-hydrogen) atoms. The molecule has 1 heterocycles. The molecule has 0 fully saturated rings. The van der Waals surface area contributed by atoms with E-state index in [9.17, 15) is 29.8 Å². The van der Waals surface area contributed by atoms with E-state index in [1.165, 1.54) is 48.5 Å². The zero-order valence-electron chi connectivity index (χ0n) is 18.7. The zero-order valence-corrected chi connectivity index (χ0v) is 18.7. The highest BCUT2D eigenvalue weighted by Gasteiger charge is 2.41. The van der Waals surface area contributed by atoms with Gasteiger partial charge in [-0.1, -0.05) is 66.7 Å². The van der Waals surface area contributed by atoms with Gasteiger partial charge in [-0.05, 0) is 17.7 Å². The fourth-order valence-electron chi connectivity index (χ4n) is 4.49. The van der Waals surface area contributed by atoms with E-state index < -0.39 is 21.7 Å². The summed E-state index contributed by atoms with van der Waals surface area (Å²) in [7, 11) is 0. The van der Waals surface area contributed by atoms with E-state index in [1.807, 2.05) is 6.07 Å². The van der Waals surface area contributed by atoms with Crippen molar-refractivity contribution in [3.63, 3.8) is 0 Å². The molecule has 5 rings (SSSR count). The van der Waals surface area contributed by atoms with Crippen molar-refractivity contribution in [3.05, 3.63) is 128 Å². The van der Waals surface area contributed by atoms with Gasteiger partial charge in [0.2, 0.25) is 0 Å². The number of nitro benzene ring substituents is 2. The molecule has 0 unspecified atom stereocenters. The van der Waals surface area contributed by atoms with Crippen LogP contribution in [0.1, 0.15) is 26.3 Å². The highest BCUT2D eigenvalue weighted by molar-refractivity contribution is 6.26. The van der Waals surface area contributed by atoms with E-state index in [1.54, 1.807) is 36.4 Å². The number of hydrogen-bond donors (Lipinski definition) is 0. The second kappa shape index (κ2) is 8.88. The molecule has 0 bridgehead atoms. The van der Waals surface area contributed by atoms with Gasteiger partial charge in [0, 0.05) is 23.3 Å². The number of imide groups is 1. The molecule has 0 radical (unpaired) electrons. The third kappa shape index (κ3) is 3.68. The summed E-state index contributed by atoms with van der Waals surface area (Å²) >= 11 is 0. The lowest BCUT2D eigenvalue weighted by Crippen LogP contribution is -2.29. The van der Waals surface area contributed by atoms with Crippen molar-refractivity contribution in [2.24, 2.45) is 0 Å². The highest BCUT2D eigenvalue weighted by atomic mass is 16.6. The quantitative estimate of drug-likeness (QED) is 0.200. The number of nitrogens with zero attached hydrogens (tertiary/aromatic N) is 3. The summed E-state index contributed by atoms with van der Waals surface area (Å²) in [6.07, 6.45) is 0. The first-order valence-electron chi connectivity index (χ1n) is 10.9. The predicted molar refractivity (Wildman–Crippen MR) is 131 cm³/mol. The largest absolute Gasteiger partial charge is 0.277 e. The number of para-hydroxylation sites is 2. The number of benzene rings is 4. The van der Waals surface area contributed by atoms with E-state index in [2.05, 4.69) is 0 Å². The van der Waals surface area contributed by atoms with E-state index in [0.29, 0.717) is 5.56 Å². The topological polar surface area (TPSA) is 124 Å². The number of amides is 2. The van der Waals surface area contributed by atoms with Crippen molar-refractivity contribution in [2.75, 3.05) is 0 Å². The number of fused-ring (bicyclic) bond motifs is 1. The molecule has 0 saturated heterocycles. The lowest BCUT2D eigenvalue weighted by Gasteiger charge is -2.14. The van der Waals surface area contributed by atoms with Gasteiger partial charge in [-0.15, -0.1) is 0 Å². The molecule has 9 heteroatoms. The number of hydrogen-bond acceptors (Lipinski definition) is 6. The molecule has 0 atom stereocenters. The zero-order chi connectivity index (χ0) is 25.4. The van der Waals surface area contributed by atoms with Gasteiger partial charge in [0.25, 0.3) is 23.2 Å². The monoisotopic (exact) mass is 479 g/mol. The average Bonchev–Trinajstić information content (AvgIpc) is 3.14. The predicted octanol–water partition coefficient (Wildman–Crippen LogP) is 5.63. The van der Waals surface area contributed by atoms with Gasteiger partial charge < -0.3 is 0 Å². The maximum absolute atomic E-state index is 13.7. The normalized spacial score (nSPS) is 12.5. The Hall–Kier alpha value is -5.18. The number of carbonyl (C=O) groups excluding carboxylic acids is 2. The minimum atomic E-state index is -0.618. The van der Waals surface area contributed by atoms with E-state index in [4.69, 9.17) is 0 Å². The Kier molecular flexibility index (Phi) is 5.57. The Labute approximate surface area is 204 Å². The van der Waals surface area contributed by atoms with Crippen LogP contribution in [0.4, 0.5) is 11.4 Å². The fraction of sp³-hybridized carbons (Fsp3) is 0.0370. The van der Waals surface area contributed by atoms with Gasteiger partial charge in [0.1, 0.15) is 0 Å². The summed E-state index contributed by atoms with van der Waals surface area (Å²) < 4.78 is 0. The summed E-state index contributed by atoms with van der Waals surface area (Å²) in [4.78, 5) is 50.8. The number of rotatable bonds is 6. The Morgan fingerprint density at radius 3 is 1.42 bits per heavy atom. The van der Waals surface area contributed by atoms with E-state index >= 15 is 0 Å². The van der Waals surface area contributed by atoms with Crippen LogP contribution in [0.5, 0.6) is 0 Å². The van der Waals surface area contributed by atoms with Crippen LogP contribution in [0.3, 0.4) is 0 Å². The van der Waals surface area contributed by atoms with Crippen LogP contribution in [-0.4, -0.2) is 26.6 Å². The van der Waals surface area contributed by atoms with Crippen LogP contribution >= 0.6 is 0 Å². The van der Waals surface area contributed by atoms with Crippen molar-refractivity contribution >= 4 is 23.2 Å². The minimum absolute atomic E-state index is 0.0131. The molecular weight excluding hydrogens is 462 g/mol. The molecule has 1 aliphatic heterocycles. The molecule has 4 aromatic carbocycles. The molecule has 0 spiro atoms. The smallest absolute Gasteiger partial charge is 0.270 e. The molecule has 9 nitrogen and oxygen atoms in total. The van der Waals surface area contributed by atoms with Gasteiger partial charge in [-0.3, -0.25) is 34.7 Å². The summed E-state index contributed by atoms with van der Waals surface area (Å²) in [5, 5.41) is 23.4. The van der Waals surface area contributed by atoms with Crippen molar-refractivity contribution in [2.45, 2.75) is 6.54 Å². The summed E-state index contributed by atoms with van der Waals surface area (Å²) in [5.74, 6) is -1.24. The highest BCUT2D eigenvalue weighted by Crippen LogP contribution is 2.43. The number of carbonyl (C=O) groups is 2. The molecule has 0 N–H and O–H groups in total. The standard InChI is InChI=1S/C27H17N3O6/c31-26-24-20(18-10-4-6-12-22(18)29(33)34)14-15-21(19-11-5-7-13-23(19)30(35)36)25(24)27(32)28(26)16-17-8-2-1-3-9-17/h1-15H,16H2. The van der Waals surface area contributed by atoms with Crippen LogP contribution in [-0.2, 0) is 6.54 Å². The van der Waals surface area contributed by atoms with Crippen molar-refractivity contribution in [3.8, 4) is 22.3 Å². The summed E-state index contributed by atoms with van der Waals surface area (Å²) in [5.41, 5.74) is 1.03. The second-order valence-electron chi connectivity index (χ2n) is 8.14. The van der Waals surface area contributed by atoms with Gasteiger partial charge >= 0.3 is 0 Å². The van der Waals surface area contributed by atoms with E-state index in [-0.39, 0.29) is 51.3 Å². The summed E-state index contributed by atoms with van der Waals surface area (Å²) in [6.45, 7) is -0.0141. The molecule has 0 saturated carbocycles. The van der Waals surface area contributed by atoms with Crippen LogP contribution in [0, 0.1) is 20.2 Å². The Balaban J connectivity index is 1.77. The first-order chi connectivity index (χ1) is 17.4. The maximum Gasteiger partial charge on any atom is 0.277 e. The molecule has 2 amide bonds. The Morgan fingerprint density at radius 1 is 0.556 bits per heavy atom. The minimum Gasteiger partial charge on any atom is -0.270 e. The lowest BCUT2D eigenvalue weighted by atomic mass is 9.89. The molecule has 4 aromatic rings. The molecular formula is C27H17N3O6. The van der Waals surface area contributed by atoms with Gasteiger partial charge in [-0.25, -0.2) is 0 Å². The Morgan fingerprint density at radius 2 is 0.972 bits per heavy atom. The molecule has 176 valence electrons. The third-order valence-electron chi connectivity index (χ3n) is 6.09. The second-order valence-corrected chi connectivity index (χ2v) is 8.14. The fourth-order valence-corrected chi connectivity index (χ4v) is 4.49.